The molecule has 0 aliphatic heterocycles. The molecule has 0 aliphatic carbocycles. The molecule has 0 unspecified atom stereocenters. The highest BCUT2D eigenvalue weighted by molar-refractivity contribution is 7.71. The number of ether oxygens (including phenoxy) is 1. The zero-order chi connectivity index (χ0) is 18.7. The predicted octanol–water partition coefficient (Wildman–Crippen LogP) is 2.69. The number of rotatable bonds is 4. The van der Waals surface area contributed by atoms with Crippen LogP contribution in [-0.4, -0.2) is 37.3 Å². The van der Waals surface area contributed by atoms with Crippen LogP contribution in [0.25, 0.3) is 17.1 Å². The van der Waals surface area contributed by atoms with Crippen LogP contribution in [0.3, 0.4) is 0 Å². The third-order valence-corrected chi connectivity index (χ3v) is 3.44. The smallest absolute Gasteiger partial charge is 0.422 e. The molecule has 3 rings (SSSR count). The zero-order valence-corrected chi connectivity index (χ0v) is 13.7. The fourth-order valence-electron chi connectivity index (χ4n) is 2.07. The van der Waals surface area contributed by atoms with Crippen molar-refractivity contribution < 1.29 is 17.9 Å². The first-order valence-electron chi connectivity index (χ1n) is 7.12. The Hall–Kier alpha value is -3.08. The summed E-state index contributed by atoms with van der Waals surface area (Å²) >= 11 is 5.20. The second-order valence-electron chi connectivity index (χ2n) is 5.01. The Balaban J connectivity index is 1.90. The molecule has 0 bridgehead atoms. The van der Waals surface area contributed by atoms with Gasteiger partial charge in [0.2, 0.25) is 5.88 Å². The molecule has 0 radical (unpaired) electrons. The maximum absolute atomic E-state index is 12.4. The van der Waals surface area contributed by atoms with Gasteiger partial charge in [0.15, 0.2) is 11.4 Å². The molecule has 0 saturated heterocycles. The highest BCUT2D eigenvalue weighted by atomic mass is 32.1. The van der Waals surface area contributed by atoms with Crippen molar-refractivity contribution >= 4 is 12.2 Å². The summed E-state index contributed by atoms with van der Waals surface area (Å²) in [5.41, 5.74) is 0.735. The van der Waals surface area contributed by atoms with Gasteiger partial charge in [-0.3, -0.25) is 9.36 Å². The summed E-state index contributed by atoms with van der Waals surface area (Å²) in [5, 5.41) is 0. The third kappa shape index (κ3) is 4.11. The molecule has 0 fully saturated rings. The fraction of sp³-hybridized carbons (Fsp3) is 0.133. The summed E-state index contributed by atoms with van der Waals surface area (Å²) in [4.78, 5) is 26.9. The van der Waals surface area contributed by atoms with E-state index in [1.165, 1.54) is 36.9 Å². The Morgan fingerprint density at radius 3 is 2.62 bits per heavy atom. The maximum Gasteiger partial charge on any atom is 0.422 e. The van der Waals surface area contributed by atoms with E-state index in [0.29, 0.717) is 11.4 Å². The average Bonchev–Trinajstić information content (AvgIpc) is 2.60. The van der Waals surface area contributed by atoms with Crippen molar-refractivity contribution in [3.63, 3.8) is 0 Å². The van der Waals surface area contributed by atoms with Gasteiger partial charge in [0.25, 0.3) is 5.56 Å². The van der Waals surface area contributed by atoms with E-state index in [-0.39, 0.29) is 16.3 Å². The van der Waals surface area contributed by atoms with Crippen molar-refractivity contribution in [3.05, 3.63) is 58.1 Å². The molecule has 26 heavy (non-hydrogen) atoms. The molecule has 3 aromatic heterocycles. The van der Waals surface area contributed by atoms with Crippen molar-refractivity contribution in [1.29, 1.82) is 0 Å². The molecular weight excluding hydrogens is 371 g/mol. The number of pyridine rings is 1. The Kier molecular flexibility index (Phi) is 4.80. The summed E-state index contributed by atoms with van der Waals surface area (Å²) in [6.45, 7) is -1.45. The largest absolute Gasteiger partial charge is 0.468 e. The minimum absolute atomic E-state index is 0.0804. The average molecular weight is 381 g/mol. The van der Waals surface area contributed by atoms with Crippen molar-refractivity contribution in [2.75, 3.05) is 6.61 Å². The first-order valence-corrected chi connectivity index (χ1v) is 7.53. The highest BCUT2D eigenvalue weighted by Crippen LogP contribution is 2.18. The SMILES string of the molecule is O=c1cc(-c2ccncn2)[nH]c(=S)n1-c1ccc(OCC(F)(F)F)nc1. The van der Waals surface area contributed by atoms with E-state index in [9.17, 15) is 18.0 Å². The molecule has 3 heterocycles. The number of alkyl halides is 3. The monoisotopic (exact) mass is 381 g/mol. The van der Waals surface area contributed by atoms with Crippen LogP contribution < -0.4 is 10.3 Å². The van der Waals surface area contributed by atoms with Crippen molar-refractivity contribution in [2.24, 2.45) is 0 Å². The second-order valence-corrected chi connectivity index (χ2v) is 5.40. The van der Waals surface area contributed by atoms with Crippen LogP contribution in [-0.2, 0) is 0 Å². The van der Waals surface area contributed by atoms with Crippen LogP contribution in [0.15, 0.2) is 47.8 Å². The predicted molar refractivity (Wildman–Crippen MR) is 87.6 cm³/mol. The molecule has 3 aromatic rings. The maximum atomic E-state index is 12.4. The van der Waals surface area contributed by atoms with Gasteiger partial charge in [0.05, 0.1) is 23.3 Å². The number of hydrogen-bond donors (Lipinski definition) is 1. The first kappa shape index (κ1) is 17.7. The van der Waals surface area contributed by atoms with Crippen LogP contribution in [0.5, 0.6) is 5.88 Å². The molecule has 0 aliphatic rings. The Bertz CT molecular complexity index is 985. The molecule has 0 saturated carbocycles. The first-order chi connectivity index (χ1) is 12.3. The summed E-state index contributed by atoms with van der Waals surface area (Å²) < 4.78 is 42.2. The highest BCUT2D eigenvalue weighted by Gasteiger charge is 2.28. The van der Waals surface area contributed by atoms with Crippen LogP contribution in [0.1, 0.15) is 0 Å². The van der Waals surface area contributed by atoms with Crippen LogP contribution in [0, 0.1) is 4.77 Å². The lowest BCUT2D eigenvalue weighted by Gasteiger charge is -2.10. The molecule has 0 atom stereocenters. The number of aromatic amines is 1. The second kappa shape index (κ2) is 7.04. The lowest BCUT2D eigenvalue weighted by atomic mass is 10.3. The number of H-pyrrole nitrogens is 1. The van der Waals surface area contributed by atoms with Gasteiger partial charge in [0.1, 0.15) is 6.33 Å². The lowest BCUT2D eigenvalue weighted by Crippen LogP contribution is -2.21. The van der Waals surface area contributed by atoms with Crippen LogP contribution in [0.4, 0.5) is 13.2 Å². The number of halogens is 3. The van der Waals surface area contributed by atoms with E-state index < -0.39 is 18.3 Å². The van der Waals surface area contributed by atoms with Gasteiger partial charge >= 0.3 is 6.18 Å². The van der Waals surface area contributed by atoms with E-state index in [2.05, 4.69) is 24.7 Å². The summed E-state index contributed by atoms with van der Waals surface area (Å²) in [6, 6.07) is 5.51. The molecule has 0 spiro atoms. The quantitative estimate of drug-likeness (QED) is 0.700. The van der Waals surface area contributed by atoms with Gasteiger partial charge in [0, 0.05) is 18.3 Å². The van der Waals surface area contributed by atoms with Gasteiger partial charge in [-0.2, -0.15) is 13.2 Å². The zero-order valence-electron chi connectivity index (χ0n) is 12.9. The lowest BCUT2D eigenvalue weighted by molar-refractivity contribution is -0.154. The molecular formula is C15H10F3N5O2S. The van der Waals surface area contributed by atoms with Gasteiger partial charge in [-0.25, -0.2) is 15.0 Å². The minimum Gasteiger partial charge on any atom is -0.468 e. The minimum atomic E-state index is -4.46. The van der Waals surface area contributed by atoms with Crippen LogP contribution >= 0.6 is 12.2 Å². The topological polar surface area (TPSA) is 85.7 Å². The Morgan fingerprint density at radius 2 is 2.04 bits per heavy atom. The van der Waals surface area contributed by atoms with Gasteiger partial charge in [-0.1, -0.05) is 0 Å². The van der Waals surface area contributed by atoms with Crippen molar-refractivity contribution in [1.82, 2.24) is 24.5 Å². The molecule has 0 amide bonds. The Labute approximate surface area is 149 Å². The number of aromatic nitrogens is 5. The van der Waals surface area contributed by atoms with E-state index in [1.54, 1.807) is 6.07 Å². The number of hydrogen-bond acceptors (Lipinski definition) is 6. The van der Waals surface area contributed by atoms with E-state index in [0.717, 1.165) is 4.57 Å². The van der Waals surface area contributed by atoms with Gasteiger partial charge < -0.3 is 9.72 Å². The molecule has 11 heteroatoms. The summed E-state index contributed by atoms with van der Waals surface area (Å²) in [6.07, 6.45) is -0.409. The van der Waals surface area contributed by atoms with Crippen molar-refractivity contribution in [3.8, 4) is 23.0 Å². The van der Waals surface area contributed by atoms with Gasteiger partial charge in [-0.15, -0.1) is 0 Å². The molecule has 7 nitrogen and oxygen atoms in total. The third-order valence-electron chi connectivity index (χ3n) is 3.15. The Morgan fingerprint density at radius 1 is 1.23 bits per heavy atom. The van der Waals surface area contributed by atoms with E-state index in [4.69, 9.17) is 12.2 Å². The summed E-state index contributed by atoms with van der Waals surface area (Å²) in [7, 11) is 0. The van der Waals surface area contributed by atoms with Gasteiger partial charge in [-0.05, 0) is 24.4 Å². The molecule has 1 N–H and O–H groups in total. The normalized spacial score (nSPS) is 11.3. The van der Waals surface area contributed by atoms with Crippen molar-refractivity contribution in [2.45, 2.75) is 6.18 Å². The molecule has 0 aromatic carbocycles. The van der Waals surface area contributed by atoms with Crippen LogP contribution in [0.2, 0.25) is 0 Å². The fourth-order valence-corrected chi connectivity index (χ4v) is 2.38. The molecule has 134 valence electrons. The summed E-state index contributed by atoms with van der Waals surface area (Å²) in [5.74, 6) is -0.216. The standard InChI is InChI=1S/C15H10F3N5O2S/c16-15(17,18)7-25-12-2-1-9(6-20-12)23-13(24)5-11(22-14(23)26)10-3-4-19-8-21-10/h1-6,8H,7H2,(H,22,26). The van der Waals surface area contributed by atoms with E-state index >= 15 is 0 Å². The number of nitrogens with one attached hydrogen (secondary N) is 1. The van der Waals surface area contributed by atoms with E-state index in [1.807, 2.05) is 0 Å². The number of nitrogens with zero attached hydrogens (tertiary/aromatic N) is 4.